The first-order valence-electron chi connectivity index (χ1n) is 6.37. The minimum Gasteiger partial charge on any atom is -0.381 e. The van der Waals surface area contributed by atoms with Gasteiger partial charge in [-0.25, -0.2) is 0 Å². The van der Waals surface area contributed by atoms with Crippen molar-refractivity contribution in [3.05, 3.63) is 0 Å². The lowest BCUT2D eigenvalue weighted by molar-refractivity contribution is 0.0171. The van der Waals surface area contributed by atoms with Gasteiger partial charge in [0, 0.05) is 13.2 Å². The summed E-state index contributed by atoms with van der Waals surface area (Å²) in [6, 6.07) is 0. The van der Waals surface area contributed by atoms with Crippen molar-refractivity contribution in [3.8, 4) is 0 Å². The Kier molecular flexibility index (Phi) is 3.48. The van der Waals surface area contributed by atoms with E-state index >= 15 is 0 Å². The van der Waals surface area contributed by atoms with E-state index in [-0.39, 0.29) is 0 Å². The molecule has 3 atom stereocenters. The molecule has 1 heteroatoms. The zero-order valence-electron chi connectivity index (χ0n) is 9.67. The Hall–Kier alpha value is -0.0400. The topological polar surface area (TPSA) is 9.23 Å². The van der Waals surface area contributed by atoms with Gasteiger partial charge in [-0.1, -0.05) is 20.3 Å². The molecule has 1 nitrogen and oxygen atoms in total. The molecule has 0 bridgehead atoms. The van der Waals surface area contributed by atoms with E-state index in [0.717, 1.165) is 36.9 Å². The van der Waals surface area contributed by atoms with Gasteiger partial charge < -0.3 is 4.74 Å². The van der Waals surface area contributed by atoms with E-state index in [2.05, 4.69) is 13.8 Å². The number of ether oxygens (including phenoxy) is 1. The number of rotatable bonds is 2. The number of hydrogen-bond donors (Lipinski definition) is 0. The molecule has 14 heavy (non-hydrogen) atoms. The fourth-order valence-electron chi connectivity index (χ4n) is 3.53. The van der Waals surface area contributed by atoms with Crippen LogP contribution in [0.5, 0.6) is 0 Å². The normalized spacial score (nSPS) is 39.2. The molecule has 2 aliphatic rings. The van der Waals surface area contributed by atoms with E-state index in [0.29, 0.717) is 0 Å². The highest BCUT2D eigenvalue weighted by atomic mass is 16.5. The third kappa shape index (κ3) is 2.13. The van der Waals surface area contributed by atoms with Crippen LogP contribution in [-0.2, 0) is 4.74 Å². The van der Waals surface area contributed by atoms with Crippen LogP contribution in [0.3, 0.4) is 0 Å². The Morgan fingerprint density at radius 3 is 2.57 bits per heavy atom. The number of hydrogen-bond acceptors (Lipinski definition) is 1. The van der Waals surface area contributed by atoms with Gasteiger partial charge in [-0.15, -0.1) is 0 Å². The molecule has 0 amide bonds. The van der Waals surface area contributed by atoms with Crippen molar-refractivity contribution >= 4 is 0 Å². The summed E-state index contributed by atoms with van der Waals surface area (Å²) in [7, 11) is 0. The van der Waals surface area contributed by atoms with Gasteiger partial charge in [-0.05, 0) is 49.4 Å². The van der Waals surface area contributed by atoms with Crippen LogP contribution in [0.4, 0.5) is 0 Å². The second-order valence-electron chi connectivity index (χ2n) is 5.48. The highest BCUT2D eigenvalue weighted by molar-refractivity contribution is 4.85. The predicted molar refractivity (Wildman–Crippen MR) is 59.2 cm³/mol. The van der Waals surface area contributed by atoms with Crippen LogP contribution >= 0.6 is 0 Å². The van der Waals surface area contributed by atoms with E-state index in [9.17, 15) is 0 Å². The van der Waals surface area contributed by atoms with Crippen molar-refractivity contribution < 1.29 is 4.74 Å². The van der Waals surface area contributed by atoms with Crippen molar-refractivity contribution in [3.63, 3.8) is 0 Å². The predicted octanol–water partition coefficient (Wildman–Crippen LogP) is 3.49. The first kappa shape index (κ1) is 10.5. The van der Waals surface area contributed by atoms with Gasteiger partial charge in [-0.3, -0.25) is 0 Å². The molecule has 1 aliphatic heterocycles. The fraction of sp³-hybridized carbons (Fsp3) is 1.00. The lowest BCUT2D eigenvalue weighted by atomic mass is 9.76. The van der Waals surface area contributed by atoms with Crippen LogP contribution in [0.15, 0.2) is 0 Å². The molecule has 0 aromatic rings. The maximum absolute atomic E-state index is 5.62. The van der Waals surface area contributed by atoms with Crippen LogP contribution < -0.4 is 0 Å². The largest absolute Gasteiger partial charge is 0.381 e. The summed E-state index contributed by atoms with van der Waals surface area (Å²) in [5.74, 6) is 3.74. The van der Waals surface area contributed by atoms with Crippen molar-refractivity contribution in [2.75, 3.05) is 13.2 Å². The molecule has 0 aromatic carbocycles. The third-order valence-corrected chi connectivity index (χ3v) is 4.28. The van der Waals surface area contributed by atoms with E-state index < -0.39 is 0 Å². The minimum absolute atomic E-state index is 0.879. The van der Waals surface area contributed by atoms with Crippen LogP contribution in [0.25, 0.3) is 0 Å². The van der Waals surface area contributed by atoms with Gasteiger partial charge in [0.15, 0.2) is 0 Å². The summed E-state index contributed by atoms with van der Waals surface area (Å²) >= 11 is 0. The van der Waals surface area contributed by atoms with Crippen LogP contribution in [-0.4, -0.2) is 13.2 Å². The zero-order chi connectivity index (χ0) is 9.97. The highest BCUT2D eigenvalue weighted by Gasteiger charge is 2.35. The molecule has 3 unspecified atom stereocenters. The smallest absolute Gasteiger partial charge is 0.0497 e. The molecule has 2 rings (SSSR count). The van der Waals surface area contributed by atoms with Gasteiger partial charge in [0.05, 0.1) is 0 Å². The third-order valence-electron chi connectivity index (χ3n) is 4.28. The monoisotopic (exact) mass is 196 g/mol. The Labute approximate surface area is 88.2 Å². The average Bonchev–Trinajstić information content (AvgIpc) is 2.67. The summed E-state index contributed by atoms with van der Waals surface area (Å²) in [6.07, 6.45) is 7.12. The second kappa shape index (κ2) is 4.65. The van der Waals surface area contributed by atoms with Crippen LogP contribution in [0.2, 0.25) is 0 Å². The first-order valence-corrected chi connectivity index (χ1v) is 6.37. The molecule has 82 valence electrons. The van der Waals surface area contributed by atoms with Gasteiger partial charge in [0.2, 0.25) is 0 Å². The van der Waals surface area contributed by atoms with Crippen molar-refractivity contribution in [1.29, 1.82) is 0 Å². The van der Waals surface area contributed by atoms with Gasteiger partial charge in [0.25, 0.3) is 0 Å². The summed E-state index contributed by atoms with van der Waals surface area (Å²) < 4.78 is 5.62. The molecule has 0 spiro atoms. The van der Waals surface area contributed by atoms with Crippen molar-refractivity contribution in [2.45, 2.75) is 46.0 Å². The van der Waals surface area contributed by atoms with Crippen LogP contribution in [0.1, 0.15) is 46.0 Å². The molecular formula is C13H24O. The SMILES string of the molecule is CC(C)C1CCCC1C1CCCOC1. The Bertz CT molecular complexity index is 170. The average molecular weight is 196 g/mol. The lowest BCUT2D eigenvalue weighted by Crippen LogP contribution is -2.29. The van der Waals surface area contributed by atoms with E-state index in [1.54, 1.807) is 0 Å². The van der Waals surface area contributed by atoms with E-state index in [1.165, 1.54) is 32.1 Å². The zero-order valence-corrected chi connectivity index (χ0v) is 9.67. The second-order valence-corrected chi connectivity index (χ2v) is 5.48. The van der Waals surface area contributed by atoms with Gasteiger partial charge >= 0.3 is 0 Å². The molecule has 0 radical (unpaired) electrons. The van der Waals surface area contributed by atoms with E-state index in [4.69, 9.17) is 4.74 Å². The minimum atomic E-state index is 0.879. The Balaban J connectivity index is 1.94. The molecule has 1 aliphatic carbocycles. The fourth-order valence-corrected chi connectivity index (χ4v) is 3.53. The summed E-state index contributed by atoms with van der Waals surface area (Å²) in [4.78, 5) is 0. The summed E-state index contributed by atoms with van der Waals surface area (Å²) in [6.45, 7) is 6.85. The molecule has 0 aromatic heterocycles. The molecule has 0 N–H and O–H groups in total. The standard InChI is InChI=1S/C13H24O/c1-10(2)12-6-3-7-13(12)11-5-4-8-14-9-11/h10-13H,3-9H2,1-2H3. The maximum Gasteiger partial charge on any atom is 0.0497 e. The highest BCUT2D eigenvalue weighted by Crippen LogP contribution is 2.43. The van der Waals surface area contributed by atoms with Crippen molar-refractivity contribution in [2.24, 2.45) is 23.7 Å². The van der Waals surface area contributed by atoms with Crippen molar-refractivity contribution in [1.82, 2.24) is 0 Å². The first-order chi connectivity index (χ1) is 6.79. The quantitative estimate of drug-likeness (QED) is 0.657. The molecule has 1 saturated carbocycles. The van der Waals surface area contributed by atoms with Crippen LogP contribution in [0, 0.1) is 23.7 Å². The molecule has 1 heterocycles. The summed E-state index contributed by atoms with van der Waals surface area (Å²) in [5, 5.41) is 0. The molecule has 1 saturated heterocycles. The molecule has 2 fully saturated rings. The Morgan fingerprint density at radius 1 is 1.07 bits per heavy atom. The maximum atomic E-state index is 5.62. The molecular weight excluding hydrogens is 172 g/mol. The lowest BCUT2D eigenvalue weighted by Gasteiger charge is -2.33. The summed E-state index contributed by atoms with van der Waals surface area (Å²) in [5.41, 5.74) is 0. The van der Waals surface area contributed by atoms with Gasteiger partial charge in [-0.2, -0.15) is 0 Å². The Morgan fingerprint density at radius 2 is 1.93 bits per heavy atom. The van der Waals surface area contributed by atoms with Gasteiger partial charge in [0.1, 0.15) is 0 Å². The van der Waals surface area contributed by atoms with E-state index in [1.807, 2.05) is 0 Å².